The third kappa shape index (κ3) is 7.64. The molecule has 2 rings (SSSR count). The molecule has 2 aliphatic rings. The van der Waals surface area contributed by atoms with Gasteiger partial charge in [0.25, 0.3) is 0 Å². The van der Waals surface area contributed by atoms with Crippen LogP contribution >= 0.6 is 7.75 Å². The highest BCUT2D eigenvalue weighted by atomic mass is 31.2. The lowest BCUT2D eigenvalue weighted by molar-refractivity contribution is -0.418. The van der Waals surface area contributed by atoms with E-state index in [9.17, 15) is 19.5 Å². The van der Waals surface area contributed by atoms with E-state index in [0.717, 1.165) is 6.08 Å². The van der Waals surface area contributed by atoms with E-state index in [1.807, 2.05) is 32.9 Å². The lowest BCUT2D eigenvalue weighted by Gasteiger charge is -2.26. The molecular weight excluding hydrogens is 411 g/mol. The third-order valence-corrected chi connectivity index (χ3v) is 5.38. The van der Waals surface area contributed by atoms with Crippen molar-refractivity contribution in [3.8, 4) is 0 Å². The van der Waals surface area contributed by atoms with Gasteiger partial charge in [-0.3, -0.25) is 19.4 Å². The third-order valence-electron chi connectivity index (χ3n) is 3.69. The molecule has 0 aromatic heterocycles. The van der Waals surface area contributed by atoms with Gasteiger partial charge in [-0.15, -0.1) is 0 Å². The van der Waals surface area contributed by atoms with E-state index in [1.165, 1.54) is 13.0 Å². The summed E-state index contributed by atoms with van der Waals surface area (Å²) in [5, 5.41) is 13.3. The summed E-state index contributed by atoms with van der Waals surface area (Å²) >= 11 is 0. The molecule has 0 amide bonds. The van der Waals surface area contributed by atoms with E-state index in [0.29, 0.717) is 6.42 Å². The van der Waals surface area contributed by atoms with Crippen LogP contribution in [0.3, 0.4) is 0 Å². The Labute approximate surface area is 175 Å². The highest BCUT2D eigenvalue weighted by molar-refractivity contribution is 7.51. The molecule has 30 heavy (non-hydrogen) atoms. The molecule has 0 spiro atoms. The van der Waals surface area contributed by atoms with Crippen LogP contribution in [0.1, 0.15) is 34.1 Å². The van der Waals surface area contributed by atoms with Gasteiger partial charge in [-0.25, -0.2) is 4.57 Å². The summed E-state index contributed by atoms with van der Waals surface area (Å²) in [4.78, 5) is 22.4. The molecule has 10 heteroatoms. The van der Waals surface area contributed by atoms with E-state index in [2.05, 4.69) is 16.5 Å². The van der Waals surface area contributed by atoms with Crippen LogP contribution in [0.5, 0.6) is 0 Å². The number of nitrogens with zero attached hydrogens (tertiary/aromatic N) is 1. The Kier molecular flexibility index (Phi) is 7.79. The van der Waals surface area contributed by atoms with Crippen molar-refractivity contribution in [1.29, 1.82) is 0 Å². The molecule has 2 aliphatic carbocycles. The van der Waals surface area contributed by atoms with Crippen LogP contribution in [-0.4, -0.2) is 29.6 Å². The van der Waals surface area contributed by atoms with Gasteiger partial charge in [0.1, 0.15) is 6.04 Å². The number of rotatable bonds is 9. The minimum absolute atomic E-state index is 0.0815. The highest BCUT2D eigenvalue weighted by Gasteiger charge is 2.35. The first kappa shape index (κ1) is 23.6. The van der Waals surface area contributed by atoms with Gasteiger partial charge in [0.05, 0.1) is 17.6 Å². The molecule has 1 N–H and O–H groups in total. The molecule has 0 fully saturated rings. The number of esters is 1. The first-order chi connectivity index (χ1) is 14.0. The predicted octanol–water partition coefficient (Wildman–Crippen LogP) is 3.95. The Morgan fingerprint density at radius 3 is 2.63 bits per heavy atom. The summed E-state index contributed by atoms with van der Waals surface area (Å²) in [5.41, 5.74) is 4.19. The van der Waals surface area contributed by atoms with Crippen molar-refractivity contribution < 1.29 is 28.1 Å². The summed E-state index contributed by atoms with van der Waals surface area (Å²) in [6.45, 7) is 7.41. The Balaban J connectivity index is 2.18. The van der Waals surface area contributed by atoms with Crippen LogP contribution in [0.4, 0.5) is 0 Å². The molecule has 0 saturated heterocycles. The molecule has 0 radical (unpaired) electrons. The second-order valence-electron chi connectivity index (χ2n) is 7.89. The second-order valence-corrected chi connectivity index (χ2v) is 9.54. The minimum Gasteiger partial charge on any atom is -0.464 e. The second kappa shape index (κ2) is 9.90. The predicted molar refractivity (Wildman–Crippen MR) is 110 cm³/mol. The van der Waals surface area contributed by atoms with Crippen molar-refractivity contribution in [3.63, 3.8) is 0 Å². The molecule has 0 aromatic carbocycles. The lowest BCUT2D eigenvalue weighted by Crippen LogP contribution is -2.36. The number of nitrogens with one attached hydrogen (secondary N) is 1. The van der Waals surface area contributed by atoms with Crippen molar-refractivity contribution >= 4 is 13.7 Å². The fourth-order valence-corrected chi connectivity index (χ4v) is 3.86. The van der Waals surface area contributed by atoms with Crippen LogP contribution < -0.4 is 5.09 Å². The maximum absolute atomic E-state index is 13.4. The lowest BCUT2D eigenvalue weighted by atomic mass is 9.99. The number of nitro groups is 1. The molecule has 0 aliphatic heterocycles. The molecule has 162 valence electrons. The fourth-order valence-electron chi connectivity index (χ4n) is 2.25. The first-order valence-electron chi connectivity index (χ1n) is 9.32. The number of ether oxygens (including phenoxy) is 1. The van der Waals surface area contributed by atoms with Gasteiger partial charge in [-0.1, -0.05) is 45.1 Å². The van der Waals surface area contributed by atoms with Crippen LogP contribution in [0, 0.1) is 15.5 Å². The van der Waals surface area contributed by atoms with Crippen molar-refractivity contribution in [3.05, 3.63) is 69.5 Å². The smallest absolute Gasteiger partial charge is 0.460 e. The summed E-state index contributed by atoms with van der Waals surface area (Å²) in [6.07, 6.45) is 9.38. The number of hydrogen-bond donors (Lipinski definition) is 1. The normalized spacial score (nSPS) is 20.7. The van der Waals surface area contributed by atoms with Crippen LogP contribution in [0.25, 0.3) is 0 Å². The van der Waals surface area contributed by atoms with Crippen molar-refractivity contribution in [2.75, 3.05) is 6.61 Å². The van der Waals surface area contributed by atoms with E-state index < -0.39 is 30.8 Å². The Bertz CT molecular complexity index is 929. The standard InChI is InChI=1S/C20H25N2O7P/c1-15(19(23)27-14-20(2,3)4)21-30(26,28-17-8-6-5-7-9-17)29-18-12-10-16(11-13-18)22(24)25/h5-8,10,12,15,17H,9,14H2,1-4H3,(H,21,26). The number of carbonyl (C=O) groups is 1. The number of hydrogen-bond acceptors (Lipinski definition) is 7. The molecule has 0 saturated carbocycles. The maximum atomic E-state index is 13.4. The first-order valence-corrected chi connectivity index (χ1v) is 10.9. The highest BCUT2D eigenvalue weighted by Crippen LogP contribution is 2.49. The molecular formula is C20H25N2O7P. The monoisotopic (exact) mass is 436 g/mol. The average molecular weight is 436 g/mol. The van der Waals surface area contributed by atoms with Gasteiger partial charge in [-0.2, -0.15) is 5.09 Å². The van der Waals surface area contributed by atoms with Gasteiger partial charge in [0.2, 0.25) is 0 Å². The summed E-state index contributed by atoms with van der Waals surface area (Å²) in [7, 11) is -4.08. The summed E-state index contributed by atoms with van der Waals surface area (Å²) in [5.74, 6) is -0.697. The molecule has 0 aromatic rings. The zero-order valence-electron chi connectivity index (χ0n) is 17.3. The minimum atomic E-state index is -4.08. The zero-order chi connectivity index (χ0) is 22.4. The molecule has 3 atom stereocenters. The molecule has 0 heterocycles. The van der Waals surface area contributed by atoms with Crippen LogP contribution in [0.15, 0.2) is 59.4 Å². The Hall–Kier alpha value is -2.66. The van der Waals surface area contributed by atoms with E-state index in [4.69, 9.17) is 13.8 Å². The van der Waals surface area contributed by atoms with Crippen molar-refractivity contribution in [2.45, 2.75) is 46.3 Å². The molecule has 9 nitrogen and oxygen atoms in total. The topological polar surface area (TPSA) is 117 Å². The zero-order valence-corrected chi connectivity index (χ0v) is 18.2. The fraction of sp³-hybridized carbons (Fsp3) is 0.450. The average Bonchev–Trinajstić information content (AvgIpc) is 2.66. The van der Waals surface area contributed by atoms with E-state index >= 15 is 0 Å². The summed E-state index contributed by atoms with van der Waals surface area (Å²) < 4.78 is 29.7. The van der Waals surface area contributed by atoms with Crippen molar-refractivity contribution in [1.82, 2.24) is 5.09 Å². The largest absolute Gasteiger partial charge is 0.464 e. The quantitative estimate of drug-likeness (QED) is 0.190. The number of carbonyl (C=O) groups excluding carboxylic acids is 1. The van der Waals surface area contributed by atoms with Crippen LogP contribution in [0.2, 0.25) is 0 Å². The number of allylic oxidation sites excluding steroid dienone is 4. The van der Waals surface area contributed by atoms with Crippen LogP contribution in [-0.2, 0) is 23.1 Å². The Morgan fingerprint density at radius 1 is 1.37 bits per heavy atom. The van der Waals surface area contributed by atoms with Gasteiger partial charge >= 0.3 is 19.4 Å². The van der Waals surface area contributed by atoms with E-state index in [-0.39, 0.29) is 23.5 Å². The van der Waals surface area contributed by atoms with Gasteiger partial charge in [-0.05, 0) is 30.6 Å². The SMILES string of the molecule is CC(NP(=O)(OC1=C=C=C([N+](=O)[O-])C=C1)OC1C=CC=CC1)C(=O)OCC(C)(C)C. The molecule has 3 unspecified atom stereocenters. The molecule has 0 bridgehead atoms. The van der Waals surface area contributed by atoms with Gasteiger partial charge in [0, 0.05) is 11.8 Å². The van der Waals surface area contributed by atoms with E-state index in [1.54, 1.807) is 12.2 Å². The van der Waals surface area contributed by atoms with Gasteiger partial charge in [0.15, 0.2) is 5.76 Å². The van der Waals surface area contributed by atoms with Crippen molar-refractivity contribution in [2.24, 2.45) is 5.41 Å². The Morgan fingerprint density at radius 2 is 2.10 bits per heavy atom. The summed E-state index contributed by atoms with van der Waals surface area (Å²) in [6, 6.07) is -0.997. The van der Waals surface area contributed by atoms with Gasteiger partial charge < -0.3 is 9.26 Å². The maximum Gasteiger partial charge on any atom is 0.460 e.